The number of benzene rings is 2. The minimum atomic E-state index is -1.03. The summed E-state index contributed by atoms with van der Waals surface area (Å²) < 4.78 is 73.5. The second-order valence-corrected chi connectivity index (χ2v) is 16.1. The maximum absolute atomic E-state index is 13.3. The Morgan fingerprint density at radius 3 is 1.58 bits per heavy atom. The highest BCUT2D eigenvalue weighted by Gasteiger charge is 2.28. The van der Waals surface area contributed by atoms with Crippen molar-refractivity contribution in [1.82, 2.24) is 4.98 Å². The standard InChI is InChI=1S/C48H54N6O24/c1-27-8-11-36(53(17-43(60)71-22-66-29(3)55)18-44(61)72-23-67-30(4)56)40(12-27)76-35(10-9-28(2)51-52-49)21-65-39-13-34-14-41(47-50-16-42(78-47)48(64)75-26-70-33(7)59)77-38(34)15-37(39)54(19-45(62)73-24-68-31(5)57)20-46(63)74-25-69-32(6)58/h8,11-16,28,35H,9-10,17-26H2,1-7H3. The largest absolute Gasteiger partial charge is 0.488 e. The Balaban J connectivity index is 1.83. The van der Waals surface area contributed by atoms with Gasteiger partial charge in [0.15, 0.2) is 5.76 Å². The van der Waals surface area contributed by atoms with Crippen LogP contribution in [0.2, 0.25) is 0 Å². The Kier molecular flexibility index (Phi) is 24.0. The highest BCUT2D eigenvalue weighted by atomic mass is 16.7. The first-order valence-corrected chi connectivity index (χ1v) is 23.0. The molecule has 0 aliphatic heterocycles. The monoisotopic (exact) mass is 1100 g/mol. The van der Waals surface area contributed by atoms with Crippen molar-refractivity contribution in [3.8, 4) is 23.1 Å². The summed E-state index contributed by atoms with van der Waals surface area (Å²) in [7, 11) is 0. The van der Waals surface area contributed by atoms with Gasteiger partial charge in [0.05, 0.1) is 17.6 Å². The number of hydrogen-bond donors (Lipinski definition) is 0. The molecule has 0 fully saturated rings. The van der Waals surface area contributed by atoms with Gasteiger partial charge in [0, 0.05) is 57.0 Å². The molecule has 0 N–H and O–H groups in total. The van der Waals surface area contributed by atoms with Gasteiger partial charge in [-0.3, -0.25) is 43.2 Å². The molecular weight excluding hydrogens is 1040 g/mol. The van der Waals surface area contributed by atoms with Crippen LogP contribution < -0.4 is 19.3 Å². The van der Waals surface area contributed by atoms with E-state index in [0.717, 1.165) is 45.7 Å². The van der Waals surface area contributed by atoms with Gasteiger partial charge in [-0.15, -0.1) is 0 Å². The van der Waals surface area contributed by atoms with Crippen LogP contribution in [0.4, 0.5) is 11.4 Å². The van der Waals surface area contributed by atoms with E-state index in [0.29, 0.717) is 5.56 Å². The number of carbonyl (C=O) groups is 10. The number of anilines is 2. The molecule has 0 saturated heterocycles. The Bertz CT molecular complexity index is 2790. The van der Waals surface area contributed by atoms with Gasteiger partial charge in [0.1, 0.15) is 56.0 Å². The minimum absolute atomic E-state index is 0.0503. The van der Waals surface area contributed by atoms with Crippen molar-refractivity contribution in [2.45, 2.75) is 73.5 Å². The lowest BCUT2D eigenvalue weighted by Crippen LogP contribution is -2.38. The van der Waals surface area contributed by atoms with Crippen LogP contribution in [0.5, 0.6) is 11.5 Å². The molecule has 0 spiro atoms. The van der Waals surface area contributed by atoms with Crippen molar-refractivity contribution in [3.63, 3.8) is 0 Å². The molecule has 78 heavy (non-hydrogen) atoms. The number of rotatable bonds is 31. The number of hydrogen-bond acceptors (Lipinski definition) is 28. The maximum Gasteiger partial charge on any atom is 0.378 e. The second-order valence-electron chi connectivity index (χ2n) is 16.1. The molecule has 0 aliphatic carbocycles. The fourth-order valence-electron chi connectivity index (χ4n) is 6.30. The first kappa shape index (κ1) is 61.0. The number of esters is 10. The number of azide groups is 1. The highest BCUT2D eigenvalue weighted by Crippen LogP contribution is 2.38. The van der Waals surface area contributed by atoms with Gasteiger partial charge in [-0.05, 0) is 55.1 Å². The van der Waals surface area contributed by atoms with Gasteiger partial charge in [0.25, 0.3) is 5.89 Å². The van der Waals surface area contributed by atoms with E-state index < -0.39 is 144 Å². The average Bonchev–Trinajstić information content (AvgIpc) is 4.06. The molecule has 2 aromatic heterocycles. The van der Waals surface area contributed by atoms with E-state index in [-0.39, 0.29) is 58.3 Å². The Morgan fingerprint density at radius 1 is 0.603 bits per heavy atom. The first-order valence-electron chi connectivity index (χ1n) is 23.0. The van der Waals surface area contributed by atoms with Crippen LogP contribution in [0.15, 0.2) is 56.5 Å². The highest BCUT2D eigenvalue weighted by molar-refractivity contribution is 5.91. The Hall–Kier alpha value is -9.60. The van der Waals surface area contributed by atoms with Crippen LogP contribution in [-0.2, 0) is 90.5 Å². The average molecular weight is 1100 g/mol. The molecule has 30 nitrogen and oxygen atoms in total. The van der Waals surface area contributed by atoms with Crippen LogP contribution in [0.3, 0.4) is 0 Å². The number of ether oxygens (including phenoxy) is 12. The summed E-state index contributed by atoms with van der Waals surface area (Å²) in [4.78, 5) is 131. The quantitative estimate of drug-likeness (QED) is 0.0170. The normalized spacial score (nSPS) is 11.3. The molecule has 4 rings (SSSR count). The zero-order chi connectivity index (χ0) is 57.3. The zero-order valence-corrected chi connectivity index (χ0v) is 43.2. The van der Waals surface area contributed by atoms with E-state index in [1.54, 1.807) is 26.0 Å². The van der Waals surface area contributed by atoms with Crippen molar-refractivity contribution in [2.24, 2.45) is 5.11 Å². The lowest BCUT2D eigenvalue weighted by Gasteiger charge is -2.29. The van der Waals surface area contributed by atoms with Crippen LogP contribution in [0.1, 0.15) is 70.5 Å². The fourth-order valence-corrected chi connectivity index (χ4v) is 6.30. The molecule has 0 bridgehead atoms. The van der Waals surface area contributed by atoms with Gasteiger partial charge in [-0.2, -0.15) is 0 Å². The lowest BCUT2D eigenvalue weighted by molar-refractivity contribution is -0.167. The summed E-state index contributed by atoms with van der Waals surface area (Å²) >= 11 is 0. The third kappa shape index (κ3) is 21.3. The summed E-state index contributed by atoms with van der Waals surface area (Å²) in [5, 5.41) is 4.04. The SMILES string of the molecule is CC(=O)OCOC(=O)CN(CC(=O)OCOC(C)=O)c1cc2oc(-c3ncc(C(=O)OCOC(C)=O)o3)cc2cc1OCC(CCC(C)N=[N+]=[N-])Oc1cc(C)ccc1N(CC(=O)OCOC(C)=O)CC(=O)OCOC(C)=O. The van der Waals surface area contributed by atoms with Crippen molar-refractivity contribution in [3.05, 3.63) is 64.4 Å². The number of fused-ring (bicyclic) bond motifs is 1. The molecule has 2 heterocycles. The van der Waals surface area contributed by atoms with E-state index in [4.69, 9.17) is 60.9 Å². The third-order valence-corrected chi connectivity index (χ3v) is 9.85. The lowest BCUT2D eigenvalue weighted by atomic mass is 10.1. The number of aromatic nitrogens is 1. The predicted octanol–water partition coefficient (Wildman–Crippen LogP) is 4.25. The Morgan fingerprint density at radius 2 is 1.09 bits per heavy atom. The van der Waals surface area contributed by atoms with Gasteiger partial charge in [0.2, 0.25) is 39.7 Å². The fraction of sp³-hybridized carbons (Fsp3) is 0.438. The van der Waals surface area contributed by atoms with Crippen LogP contribution in [-0.4, -0.2) is 144 Å². The van der Waals surface area contributed by atoms with Crippen LogP contribution >= 0.6 is 0 Å². The van der Waals surface area contributed by atoms with E-state index in [1.165, 1.54) is 29.2 Å². The number of oxazole rings is 1. The second kappa shape index (κ2) is 30.7. The third-order valence-electron chi connectivity index (χ3n) is 9.85. The molecule has 2 aromatic carbocycles. The summed E-state index contributed by atoms with van der Waals surface area (Å²) in [6.45, 7) is 1.84. The van der Waals surface area contributed by atoms with Crippen LogP contribution in [0, 0.1) is 6.92 Å². The molecule has 0 amide bonds. The molecule has 2 unspecified atom stereocenters. The zero-order valence-electron chi connectivity index (χ0n) is 43.2. The molecule has 0 aliphatic rings. The molecule has 30 heteroatoms. The molecule has 2 atom stereocenters. The molecule has 0 saturated carbocycles. The smallest absolute Gasteiger partial charge is 0.378 e. The molecule has 420 valence electrons. The number of carbonyl (C=O) groups excluding carboxylic acids is 10. The van der Waals surface area contributed by atoms with E-state index in [2.05, 4.69) is 19.7 Å². The van der Waals surface area contributed by atoms with Gasteiger partial charge in [-0.25, -0.2) is 9.78 Å². The minimum Gasteiger partial charge on any atom is -0.488 e. The summed E-state index contributed by atoms with van der Waals surface area (Å²) in [5.41, 5.74) is 9.96. The van der Waals surface area contributed by atoms with Crippen molar-refractivity contribution < 1.29 is 114 Å². The Labute approximate surface area is 442 Å². The van der Waals surface area contributed by atoms with Gasteiger partial charge >= 0.3 is 59.7 Å². The molecule has 4 aromatic rings. The van der Waals surface area contributed by atoms with E-state index in [9.17, 15) is 53.5 Å². The van der Waals surface area contributed by atoms with Crippen molar-refractivity contribution in [2.75, 3.05) is 76.6 Å². The summed E-state index contributed by atoms with van der Waals surface area (Å²) in [5.74, 6) is -9.43. The van der Waals surface area contributed by atoms with Crippen molar-refractivity contribution in [1.29, 1.82) is 0 Å². The van der Waals surface area contributed by atoms with E-state index in [1.807, 2.05) is 0 Å². The summed E-state index contributed by atoms with van der Waals surface area (Å²) in [6, 6.07) is 8.35. The first-order chi connectivity index (χ1) is 37.1. The topological polar surface area (TPSA) is 376 Å². The number of aryl methyl sites for hydroxylation is 1. The van der Waals surface area contributed by atoms with Crippen LogP contribution in [0.25, 0.3) is 33.1 Å². The van der Waals surface area contributed by atoms with Gasteiger partial charge in [-0.1, -0.05) is 18.1 Å². The number of furan rings is 1. The van der Waals surface area contributed by atoms with Crippen molar-refractivity contribution >= 4 is 82.0 Å². The maximum atomic E-state index is 13.3. The number of nitrogens with zero attached hydrogens (tertiary/aromatic N) is 6. The van der Waals surface area contributed by atoms with Gasteiger partial charge < -0.3 is 75.5 Å². The molecular formula is C48H54N6O24. The molecule has 0 radical (unpaired) electrons. The van der Waals surface area contributed by atoms with E-state index >= 15 is 0 Å². The summed E-state index contributed by atoms with van der Waals surface area (Å²) in [6.07, 6.45) is 0.274. The predicted molar refractivity (Wildman–Crippen MR) is 258 cm³/mol.